The van der Waals surface area contributed by atoms with Crippen molar-refractivity contribution in [2.24, 2.45) is 0 Å². The second-order valence-corrected chi connectivity index (χ2v) is 6.44. The summed E-state index contributed by atoms with van der Waals surface area (Å²) in [5.74, 6) is 2.03. The van der Waals surface area contributed by atoms with Gasteiger partial charge < -0.3 is 29.6 Å². The van der Waals surface area contributed by atoms with E-state index in [-0.39, 0.29) is 24.7 Å². The van der Waals surface area contributed by atoms with Crippen LogP contribution in [0.1, 0.15) is 25.7 Å². The summed E-state index contributed by atoms with van der Waals surface area (Å²) >= 11 is 0. The Bertz CT molecular complexity index is 797. The zero-order valence-electron chi connectivity index (χ0n) is 17.7. The predicted molar refractivity (Wildman–Crippen MR) is 115 cm³/mol. The number of amides is 2. The van der Waals surface area contributed by atoms with Crippen molar-refractivity contribution in [1.82, 2.24) is 0 Å². The molecule has 8 heteroatoms. The van der Waals surface area contributed by atoms with Gasteiger partial charge in [0.05, 0.1) is 39.8 Å². The van der Waals surface area contributed by atoms with Gasteiger partial charge in [0.15, 0.2) is 0 Å². The van der Waals surface area contributed by atoms with Crippen LogP contribution in [0.2, 0.25) is 0 Å². The van der Waals surface area contributed by atoms with Gasteiger partial charge in [-0.1, -0.05) is 0 Å². The highest BCUT2D eigenvalue weighted by atomic mass is 16.5. The lowest BCUT2D eigenvalue weighted by Gasteiger charge is -2.12. The average Bonchev–Trinajstić information content (AvgIpc) is 2.76. The second kappa shape index (κ2) is 11.5. The average molecular weight is 416 g/mol. The van der Waals surface area contributed by atoms with Crippen LogP contribution < -0.4 is 29.6 Å². The van der Waals surface area contributed by atoms with Crippen LogP contribution in [0.4, 0.5) is 11.4 Å². The smallest absolute Gasteiger partial charge is 0.224 e. The summed E-state index contributed by atoms with van der Waals surface area (Å²) in [5.41, 5.74) is 1.09. The third kappa shape index (κ3) is 6.58. The zero-order valence-corrected chi connectivity index (χ0v) is 17.7. The molecule has 2 amide bonds. The molecule has 0 aliphatic heterocycles. The Hall–Kier alpha value is -3.42. The Morgan fingerprint density at radius 1 is 0.667 bits per heavy atom. The van der Waals surface area contributed by atoms with Gasteiger partial charge >= 0.3 is 0 Å². The van der Waals surface area contributed by atoms with Crippen molar-refractivity contribution in [2.45, 2.75) is 25.7 Å². The minimum atomic E-state index is -0.156. The Morgan fingerprint density at radius 2 is 1.07 bits per heavy atom. The number of anilines is 2. The summed E-state index contributed by atoms with van der Waals surface area (Å²) in [6, 6.07) is 10.4. The number of ether oxygens (including phenoxy) is 4. The highest BCUT2D eigenvalue weighted by molar-refractivity contribution is 5.93. The first-order valence-electron chi connectivity index (χ1n) is 9.54. The molecule has 0 heterocycles. The molecule has 0 unspecified atom stereocenters. The number of methoxy groups -OCH3 is 4. The molecule has 0 bridgehead atoms. The Labute approximate surface area is 176 Å². The van der Waals surface area contributed by atoms with E-state index in [0.29, 0.717) is 47.2 Å². The van der Waals surface area contributed by atoms with E-state index in [9.17, 15) is 9.59 Å². The van der Waals surface area contributed by atoms with Gasteiger partial charge in [0.2, 0.25) is 11.8 Å². The molecule has 0 atom stereocenters. The number of hydrogen-bond donors (Lipinski definition) is 2. The third-order valence-electron chi connectivity index (χ3n) is 4.42. The van der Waals surface area contributed by atoms with E-state index in [1.54, 1.807) is 50.6 Å². The van der Waals surface area contributed by atoms with Gasteiger partial charge in [-0.15, -0.1) is 0 Å². The Balaban J connectivity index is 1.80. The lowest BCUT2D eigenvalue weighted by molar-refractivity contribution is -0.118. The maximum Gasteiger partial charge on any atom is 0.224 e. The van der Waals surface area contributed by atoms with Crippen LogP contribution in [0, 0.1) is 0 Å². The van der Waals surface area contributed by atoms with E-state index in [1.165, 1.54) is 14.2 Å². The van der Waals surface area contributed by atoms with Crippen molar-refractivity contribution in [3.8, 4) is 23.0 Å². The second-order valence-electron chi connectivity index (χ2n) is 6.44. The molecule has 2 aromatic carbocycles. The van der Waals surface area contributed by atoms with Gasteiger partial charge in [-0.3, -0.25) is 9.59 Å². The molecular weight excluding hydrogens is 388 g/mol. The van der Waals surface area contributed by atoms with E-state index < -0.39 is 0 Å². The number of benzene rings is 2. The molecule has 8 nitrogen and oxygen atoms in total. The van der Waals surface area contributed by atoms with E-state index in [1.807, 2.05) is 0 Å². The Morgan fingerprint density at radius 3 is 1.40 bits per heavy atom. The van der Waals surface area contributed by atoms with E-state index >= 15 is 0 Å². The molecule has 162 valence electrons. The molecule has 0 fully saturated rings. The van der Waals surface area contributed by atoms with Gasteiger partial charge in [-0.2, -0.15) is 0 Å². The fraction of sp³-hybridized carbons (Fsp3) is 0.364. The molecule has 0 aliphatic carbocycles. The van der Waals surface area contributed by atoms with Gasteiger partial charge in [0.25, 0.3) is 0 Å². The number of unbranched alkanes of at least 4 members (excludes halogenated alkanes) is 1. The predicted octanol–water partition coefficient (Wildman–Crippen LogP) is 3.86. The zero-order chi connectivity index (χ0) is 21.9. The molecule has 0 saturated heterocycles. The van der Waals surface area contributed by atoms with Gasteiger partial charge in [0, 0.05) is 25.0 Å². The maximum atomic E-state index is 12.2. The molecule has 0 saturated carbocycles. The van der Waals surface area contributed by atoms with Crippen LogP contribution in [0.15, 0.2) is 36.4 Å². The quantitative estimate of drug-likeness (QED) is 0.540. The van der Waals surface area contributed by atoms with Crippen molar-refractivity contribution in [1.29, 1.82) is 0 Å². The molecule has 0 aromatic heterocycles. The molecule has 0 radical (unpaired) electrons. The fourth-order valence-electron chi connectivity index (χ4n) is 2.82. The van der Waals surface area contributed by atoms with E-state index in [0.717, 1.165) is 0 Å². The van der Waals surface area contributed by atoms with Crippen molar-refractivity contribution >= 4 is 23.2 Å². The highest BCUT2D eigenvalue weighted by Crippen LogP contribution is 2.30. The van der Waals surface area contributed by atoms with Crippen LogP contribution in [0.5, 0.6) is 23.0 Å². The summed E-state index contributed by atoms with van der Waals surface area (Å²) < 4.78 is 20.8. The summed E-state index contributed by atoms with van der Waals surface area (Å²) in [7, 11) is 6.18. The summed E-state index contributed by atoms with van der Waals surface area (Å²) in [5, 5.41) is 5.63. The SMILES string of the molecule is COc1ccc(OC)c(NC(=O)CCCCC(=O)Nc2cc(OC)ccc2OC)c1. The maximum absolute atomic E-state index is 12.2. The van der Waals surface area contributed by atoms with Crippen molar-refractivity contribution in [3.05, 3.63) is 36.4 Å². The van der Waals surface area contributed by atoms with E-state index in [4.69, 9.17) is 18.9 Å². The van der Waals surface area contributed by atoms with Crippen molar-refractivity contribution in [3.63, 3.8) is 0 Å². The summed E-state index contributed by atoms with van der Waals surface area (Å²) in [6.45, 7) is 0. The topological polar surface area (TPSA) is 95.1 Å². The largest absolute Gasteiger partial charge is 0.497 e. The molecular formula is C22H28N2O6. The Kier molecular flexibility index (Phi) is 8.80. The highest BCUT2D eigenvalue weighted by Gasteiger charge is 2.11. The van der Waals surface area contributed by atoms with Gasteiger partial charge in [0.1, 0.15) is 23.0 Å². The van der Waals surface area contributed by atoms with Crippen LogP contribution in [-0.4, -0.2) is 40.3 Å². The molecule has 2 aromatic rings. The van der Waals surface area contributed by atoms with Gasteiger partial charge in [-0.25, -0.2) is 0 Å². The minimum Gasteiger partial charge on any atom is -0.497 e. The fourth-order valence-corrected chi connectivity index (χ4v) is 2.82. The number of rotatable bonds is 11. The standard InChI is InChI=1S/C22H28N2O6/c1-27-15-9-11-19(29-3)17(13-15)23-21(25)7-5-6-8-22(26)24-18-14-16(28-2)10-12-20(18)30-4/h9-14H,5-8H2,1-4H3,(H,23,25)(H,24,26). The first kappa shape index (κ1) is 22.9. The molecule has 30 heavy (non-hydrogen) atoms. The number of carbonyl (C=O) groups excluding carboxylic acids is 2. The van der Waals surface area contributed by atoms with E-state index in [2.05, 4.69) is 10.6 Å². The first-order valence-corrected chi connectivity index (χ1v) is 9.54. The molecule has 2 N–H and O–H groups in total. The van der Waals surface area contributed by atoms with Crippen molar-refractivity contribution in [2.75, 3.05) is 39.1 Å². The van der Waals surface area contributed by atoms with Gasteiger partial charge in [-0.05, 0) is 37.1 Å². The van der Waals surface area contributed by atoms with Crippen LogP contribution in [0.25, 0.3) is 0 Å². The van der Waals surface area contributed by atoms with Crippen LogP contribution >= 0.6 is 0 Å². The third-order valence-corrected chi connectivity index (χ3v) is 4.42. The summed E-state index contributed by atoms with van der Waals surface area (Å²) in [4.78, 5) is 24.5. The van der Waals surface area contributed by atoms with Crippen molar-refractivity contribution < 1.29 is 28.5 Å². The number of carbonyl (C=O) groups is 2. The lowest BCUT2D eigenvalue weighted by atomic mass is 10.1. The number of nitrogens with one attached hydrogen (secondary N) is 2. The number of hydrogen-bond acceptors (Lipinski definition) is 6. The summed E-state index contributed by atoms with van der Waals surface area (Å²) in [6.07, 6.45) is 1.72. The molecule has 2 rings (SSSR count). The lowest BCUT2D eigenvalue weighted by Crippen LogP contribution is -2.14. The first-order chi connectivity index (χ1) is 14.5. The van der Waals surface area contributed by atoms with Crippen LogP contribution in [0.3, 0.4) is 0 Å². The molecule has 0 aliphatic rings. The normalized spacial score (nSPS) is 10.1. The monoisotopic (exact) mass is 416 g/mol. The van der Waals surface area contributed by atoms with Crippen LogP contribution in [-0.2, 0) is 9.59 Å². The molecule has 0 spiro atoms. The minimum absolute atomic E-state index is 0.156.